The van der Waals surface area contributed by atoms with Gasteiger partial charge in [0.2, 0.25) is 0 Å². The Morgan fingerprint density at radius 3 is 1.39 bits per heavy atom. The Hall–Kier alpha value is -1.89. The normalized spacial score (nSPS) is 15.9. The molecule has 0 spiro atoms. The number of carboxylic acid groups (broad SMARTS) is 3. The second-order valence-corrected chi connectivity index (χ2v) is 10.1. The average Bonchev–Trinajstić information content (AvgIpc) is 2.82. The molecule has 210 valence electrons. The van der Waals surface area contributed by atoms with Gasteiger partial charge in [-0.2, -0.15) is 0 Å². The number of allylic oxidation sites excluding steroid dienone is 2. The van der Waals surface area contributed by atoms with Crippen molar-refractivity contribution >= 4 is 17.9 Å². The molecule has 2 N–H and O–H groups in total. The SMILES string of the molecule is CCCCC/C=C/CCCCCCCCCC[N+](C(CC)C(=O)[O-])(C(CC)C(=O)O)C(CC)C(=O)O. The standard InChI is InChI=1S/C29H53NO6/c1-5-9-10-11-12-13-14-15-16-17-18-19-20-21-22-23-30(24(6-2)27(31)32,25(7-3)28(33)34)26(8-4)29(35)36/h12-13,24-26H,5-11,14-23H2,1-4H3,(H2-,31,32,33,34,35,36)/b13-12+. The topological polar surface area (TPSA) is 115 Å². The number of carbonyl (C=O) groups excluding carboxylic acids is 1. The molecule has 0 aliphatic rings. The lowest BCUT2D eigenvalue weighted by Gasteiger charge is -2.51. The van der Waals surface area contributed by atoms with E-state index in [4.69, 9.17) is 0 Å². The molecule has 0 saturated carbocycles. The summed E-state index contributed by atoms with van der Waals surface area (Å²) in [6.07, 6.45) is 19.5. The molecule has 3 atom stereocenters. The molecule has 0 rings (SSSR count). The Morgan fingerprint density at radius 2 is 1.03 bits per heavy atom. The first-order valence-corrected chi connectivity index (χ1v) is 14.4. The molecule has 7 heteroatoms. The van der Waals surface area contributed by atoms with Crippen molar-refractivity contribution in [2.45, 2.75) is 149 Å². The maximum atomic E-state index is 12.2. The molecule has 3 unspecified atom stereocenters. The number of unbranched alkanes of at least 4 members (excludes halogenated alkanes) is 11. The second-order valence-electron chi connectivity index (χ2n) is 10.1. The number of carboxylic acids is 3. The highest BCUT2D eigenvalue weighted by Crippen LogP contribution is 2.32. The lowest BCUT2D eigenvalue weighted by Crippen LogP contribution is -2.73. The van der Waals surface area contributed by atoms with Crippen LogP contribution in [0.15, 0.2) is 12.2 Å². The summed E-state index contributed by atoms with van der Waals surface area (Å²) in [5.41, 5.74) is 0. The van der Waals surface area contributed by atoms with E-state index in [2.05, 4.69) is 19.1 Å². The molecule has 0 fully saturated rings. The van der Waals surface area contributed by atoms with Crippen LogP contribution in [-0.4, -0.2) is 57.3 Å². The van der Waals surface area contributed by atoms with Gasteiger partial charge in [-0.25, -0.2) is 9.59 Å². The van der Waals surface area contributed by atoms with Crippen LogP contribution in [-0.2, 0) is 14.4 Å². The highest BCUT2D eigenvalue weighted by molar-refractivity contribution is 5.77. The number of hydrogen-bond donors (Lipinski definition) is 2. The van der Waals surface area contributed by atoms with Gasteiger partial charge in [-0.1, -0.05) is 84.8 Å². The van der Waals surface area contributed by atoms with Crippen LogP contribution < -0.4 is 5.11 Å². The predicted octanol–water partition coefficient (Wildman–Crippen LogP) is 5.71. The highest BCUT2D eigenvalue weighted by atomic mass is 16.4. The van der Waals surface area contributed by atoms with Crippen LogP contribution >= 0.6 is 0 Å². The van der Waals surface area contributed by atoms with Crippen LogP contribution in [0.3, 0.4) is 0 Å². The van der Waals surface area contributed by atoms with Crippen LogP contribution in [0.2, 0.25) is 0 Å². The first kappa shape index (κ1) is 34.1. The number of quaternary nitrogens is 1. The Bertz CT molecular complexity index is 593. The molecule has 0 aliphatic heterocycles. The fourth-order valence-electron chi connectivity index (χ4n) is 5.72. The lowest BCUT2D eigenvalue weighted by molar-refractivity contribution is -0.974. The number of nitrogens with zero attached hydrogens (tertiary/aromatic N) is 1. The van der Waals surface area contributed by atoms with E-state index in [-0.39, 0.29) is 25.8 Å². The third-order valence-corrected chi connectivity index (χ3v) is 7.55. The van der Waals surface area contributed by atoms with E-state index in [1.165, 1.54) is 44.9 Å². The third-order valence-electron chi connectivity index (χ3n) is 7.55. The Kier molecular flexibility index (Phi) is 19.1. The fraction of sp³-hybridized carbons (Fsp3) is 0.828. The minimum Gasteiger partial charge on any atom is -0.544 e. The van der Waals surface area contributed by atoms with Gasteiger partial charge in [-0.3, -0.25) is 4.48 Å². The van der Waals surface area contributed by atoms with Gasteiger partial charge in [0.15, 0.2) is 12.1 Å². The molecule has 36 heavy (non-hydrogen) atoms. The summed E-state index contributed by atoms with van der Waals surface area (Å²) >= 11 is 0. The van der Waals surface area contributed by atoms with Crippen LogP contribution in [0.4, 0.5) is 0 Å². The van der Waals surface area contributed by atoms with Crippen LogP contribution in [0, 0.1) is 0 Å². The largest absolute Gasteiger partial charge is 0.544 e. The van der Waals surface area contributed by atoms with Crippen molar-refractivity contribution in [1.29, 1.82) is 0 Å². The van der Waals surface area contributed by atoms with Gasteiger partial charge in [-0.15, -0.1) is 0 Å². The summed E-state index contributed by atoms with van der Waals surface area (Å²) in [6.45, 7) is 7.47. The van der Waals surface area contributed by atoms with Crippen molar-refractivity contribution in [3.8, 4) is 0 Å². The van der Waals surface area contributed by atoms with E-state index in [0.717, 1.165) is 32.1 Å². The lowest BCUT2D eigenvalue weighted by atomic mass is 9.93. The van der Waals surface area contributed by atoms with Crippen molar-refractivity contribution in [2.24, 2.45) is 0 Å². The second kappa shape index (κ2) is 20.2. The Labute approximate surface area is 219 Å². The summed E-state index contributed by atoms with van der Waals surface area (Å²) in [5, 5.41) is 32.0. The fourth-order valence-corrected chi connectivity index (χ4v) is 5.72. The van der Waals surface area contributed by atoms with Gasteiger partial charge in [0.25, 0.3) is 0 Å². The van der Waals surface area contributed by atoms with Crippen molar-refractivity contribution in [2.75, 3.05) is 6.54 Å². The quantitative estimate of drug-likeness (QED) is 0.0975. The summed E-state index contributed by atoms with van der Waals surface area (Å²) < 4.78 is -0.470. The molecular weight excluding hydrogens is 458 g/mol. The summed E-state index contributed by atoms with van der Waals surface area (Å²) in [5.74, 6) is -3.66. The minimum absolute atomic E-state index is 0.129. The molecule has 0 saturated heterocycles. The minimum atomic E-state index is -1.37. The molecule has 0 aliphatic carbocycles. The van der Waals surface area contributed by atoms with Crippen molar-refractivity contribution in [3.63, 3.8) is 0 Å². The summed E-state index contributed by atoms with van der Waals surface area (Å²) in [7, 11) is 0. The van der Waals surface area contributed by atoms with Crippen molar-refractivity contribution in [1.82, 2.24) is 0 Å². The number of rotatable bonds is 24. The average molecular weight is 512 g/mol. The van der Waals surface area contributed by atoms with Gasteiger partial charge in [-0.05, 0) is 38.5 Å². The van der Waals surface area contributed by atoms with Crippen molar-refractivity contribution in [3.05, 3.63) is 12.2 Å². The van der Waals surface area contributed by atoms with Gasteiger partial charge in [0, 0.05) is 19.3 Å². The number of carbonyl (C=O) groups is 3. The van der Waals surface area contributed by atoms with Gasteiger partial charge < -0.3 is 20.1 Å². The molecule has 0 amide bonds. The monoisotopic (exact) mass is 511 g/mol. The van der Waals surface area contributed by atoms with E-state index < -0.39 is 40.5 Å². The number of aliphatic carboxylic acids is 3. The molecule has 0 aromatic heterocycles. The summed E-state index contributed by atoms with van der Waals surface area (Å²) in [6, 6.07) is -3.38. The molecule has 0 bridgehead atoms. The highest BCUT2D eigenvalue weighted by Gasteiger charge is 2.53. The molecule has 0 aromatic rings. The molecule has 0 heterocycles. The molecule has 0 radical (unpaired) electrons. The Balaban J connectivity index is 4.87. The van der Waals surface area contributed by atoms with Crippen LogP contribution in [0.25, 0.3) is 0 Å². The number of hydrogen-bond acceptors (Lipinski definition) is 4. The van der Waals surface area contributed by atoms with Crippen LogP contribution in [0.5, 0.6) is 0 Å². The zero-order valence-corrected chi connectivity index (χ0v) is 23.4. The Morgan fingerprint density at radius 1 is 0.639 bits per heavy atom. The zero-order chi connectivity index (χ0) is 27.4. The first-order valence-electron chi connectivity index (χ1n) is 14.4. The van der Waals surface area contributed by atoms with E-state index in [0.29, 0.717) is 6.42 Å². The first-order chi connectivity index (χ1) is 17.2. The van der Waals surface area contributed by atoms with E-state index in [1.54, 1.807) is 20.8 Å². The van der Waals surface area contributed by atoms with E-state index in [9.17, 15) is 29.7 Å². The summed E-state index contributed by atoms with van der Waals surface area (Å²) in [4.78, 5) is 36.5. The maximum Gasteiger partial charge on any atom is 0.362 e. The van der Waals surface area contributed by atoms with Gasteiger partial charge in [0.05, 0.1) is 12.5 Å². The third kappa shape index (κ3) is 11.4. The van der Waals surface area contributed by atoms with E-state index >= 15 is 0 Å². The van der Waals surface area contributed by atoms with E-state index in [1.807, 2.05) is 0 Å². The van der Waals surface area contributed by atoms with Gasteiger partial charge in [0.1, 0.15) is 6.04 Å². The molecule has 0 aromatic carbocycles. The zero-order valence-electron chi connectivity index (χ0n) is 23.4. The van der Waals surface area contributed by atoms with Gasteiger partial charge >= 0.3 is 11.9 Å². The smallest absolute Gasteiger partial charge is 0.362 e. The van der Waals surface area contributed by atoms with Crippen molar-refractivity contribution < 1.29 is 34.2 Å². The predicted molar refractivity (Wildman–Crippen MR) is 142 cm³/mol. The molecular formula is C29H53NO6. The maximum absolute atomic E-state index is 12.2. The van der Waals surface area contributed by atoms with Crippen LogP contribution in [0.1, 0.15) is 130 Å². The molecule has 7 nitrogen and oxygen atoms in total.